The summed E-state index contributed by atoms with van der Waals surface area (Å²) in [6, 6.07) is 8.11. The second-order valence-electron chi connectivity index (χ2n) is 6.28. The summed E-state index contributed by atoms with van der Waals surface area (Å²) in [6.45, 7) is 6.54. The van der Waals surface area contributed by atoms with Gasteiger partial charge in [-0.05, 0) is 38.2 Å². The predicted molar refractivity (Wildman–Crippen MR) is 85.7 cm³/mol. The fourth-order valence-corrected chi connectivity index (χ4v) is 3.29. The van der Waals surface area contributed by atoms with Crippen molar-refractivity contribution in [2.45, 2.75) is 52.0 Å². The number of nitrogens with zero attached hydrogens (tertiary/aromatic N) is 1. The lowest BCUT2D eigenvalue weighted by Gasteiger charge is -2.25. The standard InChI is InChI=1S/C18H25NO3/c1-4-14(15-7-5-12(2)6-8-15)11-17(20)19-10-9-16(13(19)3)18(21)22/h5-8,13-14,16H,4,9-11H2,1-3H3,(H,21,22). The molecule has 120 valence electrons. The Bertz CT molecular complexity index is 538. The van der Waals surface area contributed by atoms with Crippen LogP contribution in [0.25, 0.3) is 0 Å². The van der Waals surface area contributed by atoms with E-state index in [1.165, 1.54) is 11.1 Å². The highest BCUT2D eigenvalue weighted by atomic mass is 16.4. The third-order valence-corrected chi connectivity index (χ3v) is 4.86. The Morgan fingerprint density at radius 3 is 2.45 bits per heavy atom. The molecule has 0 radical (unpaired) electrons. The Morgan fingerprint density at radius 1 is 1.32 bits per heavy atom. The first kappa shape index (κ1) is 16.5. The maximum absolute atomic E-state index is 12.6. The van der Waals surface area contributed by atoms with Crippen LogP contribution in [-0.2, 0) is 9.59 Å². The fourth-order valence-electron chi connectivity index (χ4n) is 3.29. The van der Waals surface area contributed by atoms with E-state index in [-0.39, 0.29) is 17.9 Å². The van der Waals surface area contributed by atoms with Crippen LogP contribution in [0.4, 0.5) is 0 Å². The topological polar surface area (TPSA) is 57.6 Å². The Labute approximate surface area is 132 Å². The Balaban J connectivity index is 2.04. The average molecular weight is 303 g/mol. The van der Waals surface area contributed by atoms with Crippen LogP contribution < -0.4 is 0 Å². The summed E-state index contributed by atoms with van der Waals surface area (Å²) in [4.78, 5) is 25.5. The highest BCUT2D eigenvalue weighted by molar-refractivity contribution is 5.80. The normalized spacial score (nSPS) is 22.6. The number of rotatable bonds is 5. The van der Waals surface area contributed by atoms with Gasteiger partial charge in [-0.3, -0.25) is 9.59 Å². The summed E-state index contributed by atoms with van der Waals surface area (Å²) < 4.78 is 0. The zero-order chi connectivity index (χ0) is 16.3. The van der Waals surface area contributed by atoms with E-state index in [1.807, 2.05) is 13.8 Å². The quantitative estimate of drug-likeness (QED) is 0.908. The molecule has 0 aromatic heterocycles. The minimum atomic E-state index is -0.798. The molecule has 4 heteroatoms. The maximum atomic E-state index is 12.6. The van der Waals surface area contributed by atoms with Gasteiger partial charge < -0.3 is 10.0 Å². The van der Waals surface area contributed by atoms with E-state index < -0.39 is 11.9 Å². The van der Waals surface area contributed by atoms with Crippen molar-refractivity contribution in [1.82, 2.24) is 4.90 Å². The van der Waals surface area contributed by atoms with Crippen LogP contribution in [0.5, 0.6) is 0 Å². The Hall–Kier alpha value is -1.84. The first-order valence-electron chi connectivity index (χ1n) is 8.02. The van der Waals surface area contributed by atoms with Gasteiger partial charge in [0.05, 0.1) is 5.92 Å². The number of carboxylic acid groups (broad SMARTS) is 1. The van der Waals surface area contributed by atoms with Gasteiger partial charge in [0.15, 0.2) is 0 Å². The summed E-state index contributed by atoms with van der Waals surface area (Å²) >= 11 is 0. The highest BCUT2D eigenvalue weighted by Gasteiger charge is 2.38. The molecule has 1 saturated heterocycles. The molecule has 1 heterocycles. The molecule has 0 spiro atoms. The number of benzene rings is 1. The number of hydrogen-bond donors (Lipinski definition) is 1. The molecule has 3 atom stereocenters. The van der Waals surface area contributed by atoms with E-state index in [0.717, 1.165) is 6.42 Å². The SMILES string of the molecule is CCC(CC(=O)N1CCC(C(=O)O)C1C)c1ccc(C)cc1. The lowest BCUT2D eigenvalue weighted by Crippen LogP contribution is -2.38. The van der Waals surface area contributed by atoms with E-state index in [9.17, 15) is 14.7 Å². The van der Waals surface area contributed by atoms with E-state index in [2.05, 4.69) is 31.2 Å². The molecule has 22 heavy (non-hydrogen) atoms. The molecule has 0 bridgehead atoms. The number of likely N-dealkylation sites (tertiary alicyclic amines) is 1. The monoisotopic (exact) mass is 303 g/mol. The van der Waals surface area contributed by atoms with E-state index >= 15 is 0 Å². The van der Waals surface area contributed by atoms with E-state index in [4.69, 9.17) is 0 Å². The lowest BCUT2D eigenvalue weighted by atomic mass is 9.92. The predicted octanol–water partition coefficient (Wildman–Crippen LogP) is 3.20. The zero-order valence-electron chi connectivity index (χ0n) is 13.6. The maximum Gasteiger partial charge on any atom is 0.308 e. The van der Waals surface area contributed by atoms with Gasteiger partial charge >= 0.3 is 5.97 Å². The van der Waals surface area contributed by atoms with Crippen LogP contribution in [0.15, 0.2) is 24.3 Å². The smallest absolute Gasteiger partial charge is 0.308 e. The first-order valence-corrected chi connectivity index (χ1v) is 8.02. The van der Waals surface area contributed by atoms with Crippen molar-refractivity contribution in [3.05, 3.63) is 35.4 Å². The summed E-state index contributed by atoms with van der Waals surface area (Å²) in [7, 11) is 0. The molecule has 0 saturated carbocycles. The fraction of sp³-hybridized carbons (Fsp3) is 0.556. The van der Waals surface area contributed by atoms with Crippen LogP contribution in [-0.4, -0.2) is 34.5 Å². The van der Waals surface area contributed by atoms with E-state index in [0.29, 0.717) is 19.4 Å². The number of aryl methyl sites for hydroxylation is 1. The Kier molecular flexibility index (Phi) is 5.22. The van der Waals surface area contributed by atoms with Gasteiger partial charge in [0.25, 0.3) is 0 Å². The van der Waals surface area contributed by atoms with Crippen molar-refractivity contribution >= 4 is 11.9 Å². The number of carbonyl (C=O) groups is 2. The van der Waals surface area contributed by atoms with Gasteiger partial charge in [0.2, 0.25) is 5.91 Å². The third-order valence-electron chi connectivity index (χ3n) is 4.86. The molecule has 4 nitrogen and oxygen atoms in total. The van der Waals surface area contributed by atoms with Crippen molar-refractivity contribution in [1.29, 1.82) is 0 Å². The van der Waals surface area contributed by atoms with Gasteiger partial charge in [-0.15, -0.1) is 0 Å². The molecular weight excluding hydrogens is 278 g/mol. The minimum Gasteiger partial charge on any atom is -0.481 e. The van der Waals surface area contributed by atoms with Gasteiger partial charge in [-0.1, -0.05) is 36.8 Å². The number of aliphatic carboxylic acids is 1. The third kappa shape index (κ3) is 3.49. The van der Waals surface area contributed by atoms with Crippen molar-refractivity contribution < 1.29 is 14.7 Å². The van der Waals surface area contributed by atoms with Gasteiger partial charge in [0, 0.05) is 19.0 Å². The average Bonchev–Trinajstić information content (AvgIpc) is 2.87. The van der Waals surface area contributed by atoms with Crippen molar-refractivity contribution in [2.75, 3.05) is 6.54 Å². The van der Waals surface area contributed by atoms with E-state index in [1.54, 1.807) is 4.90 Å². The van der Waals surface area contributed by atoms with Gasteiger partial charge in [-0.2, -0.15) is 0 Å². The van der Waals surface area contributed by atoms with Gasteiger partial charge in [0.1, 0.15) is 0 Å². The van der Waals surface area contributed by atoms with Crippen molar-refractivity contribution in [2.24, 2.45) is 5.92 Å². The molecule has 1 N–H and O–H groups in total. The molecule has 2 rings (SSSR count). The second kappa shape index (κ2) is 6.95. The molecule has 1 fully saturated rings. The van der Waals surface area contributed by atoms with Crippen LogP contribution in [0.2, 0.25) is 0 Å². The molecular formula is C18H25NO3. The lowest BCUT2D eigenvalue weighted by molar-refractivity contribution is -0.143. The second-order valence-corrected chi connectivity index (χ2v) is 6.28. The number of amides is 1. The largest absolute Gasteiger partial charge is 0.481 e. The molecule has 1 aliphatic heterocycles. The van der Waals surface area contributed by atoms with Crippen LogP contribution in [0.1, 0.15) is 50.2 Å². The van der Waals surface area contributed by atoms with Crippen LogP contribution in [0, 0.1) is 12.8 Å². The number of carbonyl (C=O) groups excluding carboxylic acids is 1. The van der Waals surface area contributed by atoms with Crippen molar-refractivity contribution in [3.8, 4) is 0 Å². The molecule has 3 unspecified atom stereocenters. The van der Waals surface area contributed by atoms with Crippen LogP contribution in [0.3, 0.4) is 0 Å². The molecule has 1 aromatic rings. The summed E-state index contributed by atoms with van der Waals surface area (Å²) in [5.41, 5.74) is 2.39. The number of carboxylic acids is 1. The first-order chi connectivity index (χ1) is 10.4. The summed E-state index contributed by atoms with van der Waals surface area (Å²) in [6.07, 6.45) is 1.92. The molecule has 1 aromatic carbocycles. The summed E-state index contributed by atoms with van der Waals surface area (Å²) in [5.74, 6) is -0.954. The molecule has 1 amide bonds. The van der Waals surface area contributed by atoms with Crippen LogP contribution >= 0.6 is 0 Å². The highest BCUT2D eigenvalue weighted by Crippen LogP contribution is 2.29. The summed E-state index contributed by atoms with van der Waals surface area (Å²) in [5, 5.41) is 9.18. The number of hydrogen-bond acceptors (Lipinski definition) is 2. The van der Waals surface area contributed by atoms with Gasteiger partial charge in [-0.25, -0.2) is 0 Å². The minimum absolute atomic E-state index is 0.0728. The molecule has 1 aliphatic rings. The van der Waals surface area contributed by atoms with Crippen molar-refractivity contribution in [3.63, 3.8) is 0 Å². The Morgan fingerprint density at radius 2 is 1.95 bits per heavy atom. The molecule has 0 aliphatic carbocycles. The zero-order valence-corrected chi connectivity index (χ0v) is 13.6.